The van der Waals surface area contributed by atoms with Crippen LogP contribution in [-0.4, -0.2) is 23.2 Å². The highest BCUT2D eigenvalue weighted by Crippen LogP contribution is 2.25. The number of hydrogen-bond donors (Lipinski definition) is 2. The SMILES string of the molecule is CCc1ccccc1-c1nc(CNCCO)c(C)o1. The number of aliphatic hydroxyl groups is 1. The molecular weight excluding hydrogens is 240 g/mol. The molecule has 0 aliphatic carbocycles. The van der Waals surface area contributed by atoms with Gasteiger partial charge in [-0.3, -0.25) is 0 Å². The van der Waals surface area contributed by atoms with Crippen molar-refractivity contribution in [1.82, 2.24) is 10.3 Å². The standard InChI is InChI=1S/C15H20N2O2/c1-3-12-6-4-5-7-13(12)15-17-14(11(2)19-15)10-16-8-9-18/h4-7,16,18H,3,8-10H2,1-2H3. The van der Waals surface area contributed by atoms with Crippen LogP contribution in [0.1, 0.15) is 23.9 Å². The molecule has 2 aromatic rings. The topological polar surface area (TPSA) is 58.3 Å². The number of aromatic nitrogens is 1. The fraction of sp³-hybridized carbons (Fsp3) is 0.400. The van der Waals surface area contributed by atoms with Crippen LogP contribution in [0.25, 0.3) is 11.5 Å². The van der Waals surface area contributed by atoms with Crippen molar-refractivity contribution >= 4 is 0 Å². The molecule has 0 aliphatic rings. The van der Waals surface area contributed by atoms with Crippen molar-refractivity contribution in [2.45, 2.75) is 26.8 Å². The molecule has 0 radical (unpaired) electrons. The van der Waals surface area contributed by atoms with Crippen molar-refractivity contribution in [3.63, 3.8) is 0 Å². The quantitative estimate of drug-likeness (QED) is 0.782. The smallest absolute Gasteiger partial charge is 0.226 e. The van der Waals surface area contributed by atoms with Gasteiger partial charge in [-0.1, -0.05) is 25.1 Å². The molecule has 4 heteroatoms. The molecule has 1 aromatic heterocycles. The number of hydrogen-bond acceptors (Lipinski definition) is 4. The summed E-state index contributed by atoms with van der Waals surface area (Å²) in [4.78, 5) is 4.55. The Balaban J connectivity index is 2.23. The molecule has 0 fully saturated rings. The van der Waals surface area contributed by atoms with E-state index in [1.807, 2.05) is 25.1 Å². The van der Waals surface area contributed by atoms with Gasteiger partial charge in [0.05, 0.1) is 12.3 Å². The fourth-order valence-corrected chi connectivity index (χ4v) is 2.03. The zero-order valence-corrected chi connectivity index (χ0v) is 11.4. The van der Waals surface area contributed by atoms with E-state index in [9.17, 15) is 0 Å². The van der Waals surface area contributed by atoms with E-state index in [-0.39, 0.29) is 6.61 Å². The van der Waals surface area contributed by atoms with Crippen LogP contribution in [0, 0.1) is 6.92 Å². The van der Waals surface area contributed by atoms with Gasteiger partial charge in [-0.15, -0.1) is 0 Å². The number of rotatable bonds is 6. The second kappa shape index (κ2) is 6.50. The number of aliphatic hydroxyl groups excluding tert-OH is 1. The molecule has 2 rings (SSSR count). The lowest BCUT2D eigenvalue weighted by Crippen LogP contribution is -2.18. The van der Waals surface area contributed by atoms with E-state index in [1.54, 1.807) is 0 Å². The van der Waals surface area contributed by atoms with Gasteiger partial charge < -0.3 is 14.8 Å². The predicted octanol–water partition coefficient (Wildman–Crippen LogP) is 2.29. The highest BCUT2D eigenvalue weighted by molar-refractivity contribution is 5.59. The summed E-state index contributed by atoms with van der Waals surface area (Å²) < 4.78 is 5.76. The fourth-order valence-electron chi connectivity index (χ4n) is 2.03. The minimum absolute atomic E-state index is 0.127. The summed E-state index contributed by atoms with van der Waals surface area (Å²) in [6.07, 6.45) is 0.954. The van der Waals surface area contributed by atoms with Gasteiger partial charge in [0.25, 0.3) is 0 Å². The van der Waals surface area contributed by atoms with Gasteiger partial charge in [-0.05, 0) is 25.0 Å². The Morgan fingerprint density at radius 3 is 2.84 bits per heavy atom. The van der Waals surface area contributed by atoms with Crippen molar-refractivity contribution in [3.05, 3.63) is 41.3 Å². The largest absolute Gasteiger partial charge is 0.441 e. The van der Waals surface area contributed by atoms with Crippen molar-refractivity contribution < 1.29 is 9.52 Å². The Morgan fingerprint density at radius 1 is 1.32 bits per heavy atom. The summed E-state index contributed by atoms with van der Waals surface area (Å²) >= 11 is 0. The molecule has 0 saturated carbocycles. The third-order valence-corrected chi connectivity index (χ3v) is 3.10. The molecule has 2 N–H and O–H groups in total. The van der Waals surface area contributed by atoms with Crippen molar-refractivity contribution in [3.8, 4) is 11.5 Å². The molecule has 1 heterocycles. The van der Waals surface area contributed by atoms with Gasteiger partial charge in [-0.25, -0.2) is 4.98 Å². The third-order valence-electron chi connectivity index (χ3n) is 3.10. The van der Waals surface area contributed by atoms with Gasteiger partial charge in [-0.2, -0.15) is 0 Å². The third kappa shape index (κ3) is 3.22. The average Bonchev–Trinajstić information content (AvgIpc) is 2.80. The Kier molecular flexibility index (Phi) is 4.71. The van der Waals surface area contributed by atoms with Crippen molar-refractivity contribution in [2.75, 3.05) is 13.2 Å². The van der Waals surface area contributed by atoms with Gasteiger partial charge in [0.1, 0.15) is 5.76 Å². The first-order chi connectivity index (χ1) is 9.26. The summed E-state index contributed by atoms with van der Waals surface area (Å²) in [6.45, 7) is 5.35. The summed E-state index contributed by atoms with van der Waals surface area (Å²) in [7, 11) is 0. The van der Waals surface area contributed by atoms with E-state index in [4.69, 9.17) is 9.52 Å². The minimum Gasteiger partial charge on any atom is -0.441 e. The van der Waals surface area contributed by atoms with E-state index < -0.39 is 0 Å². The van der Waals surface area contributed by atoms with E-state index >= 15 is 0 Å². The van der Waals surface area contributed by atoms with Crippen LogP contribution in [0.2, 0.25) is 0 Å². The molecule has 0 saturated heterocycles. The number of aryl methyl sites for hydroxylation is 2. The lowest BCUT2D eigenvalue weighted by atomic mass is 10.1. The molecule has 0 amide bonds. The Morgan fingerprint density at radius 2 is 2.11 bits per heavy atom. The van der Waals surface area contributed by atoms with Crippen LogP contribution >= 0.6 is 0 Å². The van der Waals surface area contributed by atoms with Gasteiger partial charge >= 0.3 is 0 Å². The Hall–Kier alpha value is -1.65. The van der Waals surface area contributed by atoms with Crippen LogP contribution < -0.4 is 5.32 Å². The lowest BCUT2D eigenvalue weighted by molar-refractivity contribution is 0.291. The summed E-state index contributed by atoms with van der Waals surface area (Å²) in [5.41, 5.74) is 3.19. The summed E-state index contributed by atoms with van der Waals surface area (Å²) in [6, 6.07) is 8.16. The monoisotopic (exact) mass is 260 g/mol. The van der Waals surface area contributed by atoms with E-state index in [1.165, 1.54) is 5.56 Å². The van der Waals surface area contributed by atoms with Gasteiger partial charge in [0.2, 0.25) is 5.89 Å². The molecule has 0 spiro atoms. The summed E-state index contributed by atoms with van der Waals surface area (Å²) in [5, 5.41) is 11.9. The lowest BCUT2D eigenvalue weighted by Gasteiger charge is -2.02. The zero-order valence-electron chi connectivity index (χ0n) is 11.4. The van der Waals surface area contributed by atoms with Crippen LogP contribution in [0.15, 0.2) is 28.7 Å². The number of oxazole rings is 1. The maximum absolute atomic E-state index is 8.76. The number of nitrogens with one attached hydrogen (secondary N) is 1. The van der Waals surface area contributed by atoms with Crippen LogP contribution in [-0.2, 0) is 13.0 Å². The minimum atomic E-state index is 0.127. The molecule has 0 aliphatic heterocycles. The zero-order chi connectivity index (χ0) is 13.7. The van der Waals surface area contributed by atoms with E-state index in [0.717, 1.165) is 23.4 Å². The highest BCUT2D eigenvalue weighted by atomic mass is 16.4. The van der Waals surface area contributed by atoms with Crippen LogP contribution in [0.5, 0.6) is 0 Å². The molecule has 0 atom stereocenters. The normalized spacial score (nSPS) is 10.9. The first kappa shape index (κ1) is 13.8. The molecule has 19 heavy (non-hydrogen) atoms. The van der Waals surface area contributed by atoms with Crippen LogP contribution in [0.4, 0.5) is 0 Å². The molecular formula is C15H20N2O2. The first-order valence-corrected chi connectivity index (χ1v) is 6.62. The predicted molar refractivity (Wildman–Crippen MR) is 74.8 cm³/mol. The number of nitrogens with zero attached hydrogens (tertiary/aromatic N) is 1. The van der Waals surface area contributed by atoms with E-state index in [0.29, 0.717) is 19.0 Å². The molecule has 0 bridgehead atoms. The first-order valence-electron chi connectivity index (χ1n) is 6.62. The molecule has 102 valence electrons. The maximum atomic E-state index is 8.76. The Labute approximate surface area is 113 Å². The van der Waals surface area contributed by atoms with Crippen molar-refractivity contribution in [1.29, 1.82) is 0 Å². The van der Waals surface area contributed by atoms with Gasteiger partial charge in [0.15, 0.2) is 0 Å². The molecule has 4 nitrogen and oxygen atoms in total. The van der Waals surface area contributed by atoms with Crippen LogP contribution in [0.3, 0.4) is 0 Å². The van der Waals surface area contributed by atoms with E-state index in [2.05, 4.69) is 23.3 Å². The highest BCUT2D eigenvalue weighted by Gasteiger charge is 2.13. The second-order valence-electron chi connectivity index (χ2n) is 4.43. The van der Waals surface area contributed by atoms with Crippen molar-refractivity contribution in [2.24, 2.45) is 0 Å². The second-order valence-corrected chi connectivity index (χ2v) is 4.43. The molecule has 0 unspecified atom stereocenters. The average molecular weight is 260 g/mol. The molecule has 1 aromatic carbocycles. The summed E-state index contributed by atoms with van der Waals surface area (Å²) in [5.74, 6) is 1.50. The maximum Gasteiger partial charge on any atom is 0.226 e. The van der Waals surface area contributed by atoms with Gasteiger partial charge in [0, 0.05) is 18.7 Å². The Bertz CT molecular complexity index is 535. The number of benzene rings is 1.